The van der Waals surface area contributed by atoms with E-state index < -0.39 is 24.3 Å². The van der Waals surface area contributed by atoms with Gasteiger partial charge in [0.2, 0.25) is 0 Å². The van der Waals surface area contributed by atoms with Crippen LogP contribution in [0.15, 0.2) is 146 Å². The van der Waals surface area contributed by atoms with E-state index in [0.29, 0.717) is 23.9 Å². The van der Waals surface area contributed by atoms with Gasteiger partial charge in [0.05, 0.1) is 34.4 Å². The van der Waals surface area contributed by atoms with Crippen LogP contribution in [-0.4, -0.2) is 87.4 Å². The summed E-state index contributed by atoms with van der Waals surface area (Å²) in [5, 5.41) is 9.77. The molecule has 0 aliphatic heterocycles. The van der Waals surface area contributed by atoms with Crippen molar-refractivity contribution in [2.45, 2.75) is 347 Å². The lowest BCUT2D eigenvalue weighted by Crippen LogP contribution is -2.40. The number of quaternary nitrogens is 1. The Balaban J connectivity index is 4.07. The minimum atomic E-state index is -1.53. The lowest BCUT2D eigenvalue weighted by molar-refractivity contribution is -0.870. The van der Waals surface area contributed by atoms with E-state index >= 15 is 0 Å². The number of carbonyl (C=O) groups is 3. The fourth-order valence-corrected chi connectivity index (χ4v) is 11.0. The normalized spacial score (nSPS) is 13.5. The molecule has 2 atom stereocenters. The molecule has 9 nitrogen and oxygen atoms in total. The largest absolute Gasteiger partial charge is 0.477 e. The molecular weight excluding hydrogens is 1200 g/mol. The summed E-state index contributed by atoms with van der Waals surface area (Å²) >= 11 is 0. The Kier molecular flexibility index (Phi) is 73.1. The van der Waals surface area contributed by atoms with Crippen molar-refractivity contribution in [2.24, 2.45) is 0 Å². The number of carboxylic acids is 1. The van der Waals surface area contributed by atoms with Gasteiger partial charge in [-0.25, -0.2) is 4.79 Å². The first kappa shape index (κ1) is 92.2. The average molecular weight is 1350 g/mol. The van der Waals surface area contributed by atoms with E-state index in [2.05, 4.69) is 160 Å². The number of aliphatic carboxylic acids is 1. The summed E-state index contributed by atoms with van der Waals surface area (Å²) in [4.78, 5) is 37.7. The highest BCUT2D eigenvalue weighted by molar-refractivity contribution is 5.71. The molecule has 0 aromatic carbocycles. The molecule has 0 aromatic rings. The van der Waals surface area contributed by atoms with Crippen molar-refractivity contribution in [1.29, 1.82) is 0 Å². The summed E-state index contributed by atoms with van der Waals surface area (Å²) in [6.07, 6.45) is 110. The van der Waals surface area contributed by atoms with Gasteiger partial charge in [0.15, 0.2) is 6.10 Å². The highest BCUT2D eigenvalue weighted by Gasteiger charge is 2.25. The van der Waals surface area contributed by atoms with Crippen LogP contribution in [-0.2, 0) is 33.3 Å². The number of hydrogen-bond donors (Lipinski definition) is 1. The van der Waals surface area contributed by atoms with Crippen molar-refractivity contribution >= 4 is 17.9 Å². The van der Waals surface area contributed by atoms with Gasteiger partial charge in [-0.3, -0.25) is 9.59 Å². The summed E-state index contributed by atoms with van der Waals surface area (Å²) in [7, 11) is 5.97. The minimum absolute atomic E-state index is 0.175. The Hall–Kier alpha value is -4.83. The van der Waals surface area contributed by atoms with Crippen LogP contribution in [0.25, 0.3) is 0 Å². The number of nitrogens with zero attached hydrogens (tertiary/aromatic N) is 1. The summed E-state index contributed by atoms with van der Waals surface area (Å²) in [5.74, 6) is -2.05. The summed E-state index contributed by atoms with van der Waals surface area (Å²) in [5.41, 5.74) is 0. The molecule has 0 radical (unpaired) electrons. The van der Waals surface area contributed by atoms with Crippen molar-refractivity contribution in [1.82, 2.24) is 0 Å². The minimum Gasteiger partial charge on any atom is -0.477 e. The summed E-state index contributed by atoms with van der Waals surface area (Å²) in [6.45, 7) is 4.73. The van der Waals surface area contributed by atoms with Crippen LogP contribution < -0.4 is 0 Å². The molecule has 0 rings (SSSR count). The SMILES string of the molecule is CC/C=C\C/C=C\C/C=C\C/C=C\C/C=C\C/C=C\C/C=C\C/C=C\C/C=C\CCCCCC(=O)OC(COC(=O)CCCCCCCCCCCCCCCCCCCCCCCCCCCC/C=C\C/C=C\C/C=C\CCCCCCC)COC(OCC[N+](C)(C)C)C(=O)O. The van der Waals surface area contributed by atoms with Crippen LogP contribution in [0.5, 0.6) is 0 Å². The third kappa shape index (κ3) is 78.4. The zero-order chi connectivity index (χ0) is 70.4. The Morgan fingerprint density at radius 1 is 0.320 bits per heavy atom. The van der Waals surface area contributed by atoms with Crippen molar-refractivity contribution in [3.63, 3.8) is 0 Å². The molecule has 0 bridgehead atoms. The fourth-order valence-electron chi connectivity index (χ4n) is 11.0. The van der Waals surface area contributed by atoms with Crippen LogP contribution in [0.3, 0.4) is 0 Å². The molecule has 97 heavy (non-hydrogen) atoms. The summed E-state index contributed by atoms with van der Waals surface area (Å²) in [6, 6.07) is 0. The topological polar surface area (TPSA) is 108 Å². The van der Waals surface area contributed by atoms with E-state index in [-0.39, 0.29) is 32.2 Å². The Morgan fingerprint density at radius 3 is 0.887 bits per heavy atom. The molecule has 2 unspecified atom stereocenters. The quantitative estimate of drug-likeness (QED) is 0.0211. The van der Waals surface area contributed by atoms with Gasteiger partial charge in [0.25, 0.3) is 6.29 Å². The van der Waals surface area contributed by atoms with Gasteiger partial charge >= 0.3 is 17.9 Å². The molecule has 0 aromatic heterocycles. The molecule has 0 amide bonds. The molecule has 0 aliphatic rings. The molecule has 9 heteroatoms. The highest BCUT2D eigenvalue weighted by atomic mass is 16.7. The number of carboxylic acid groups (broad SMARTS) is 1. The van der Waals surface area contributed by atoms with Gasteiger partial charge in [0.1, 0.15) is 13.2 Å². The molecule has 1 N–H and O–H groups in total. The van der Waals surface area contributed by atoms with Crippen molar-refractivity contribution < 1.29 is 42.9 Å². The van der Waals surface area contributed by atoms with Crippen molar-refractivity contribution in [3.05, 3.63) is 146 Å². The van der Waals surface area contributed by atoms with Gasteiger partial charge in [-0.15, -0.1) is 0 Å². The highest BCUT2D eigenvalue weighted by Crippen LogP contribution is 2.18. The van der Waals surface area contributed by atoms with Gasteiger partial charge in [-0.1, -0.05) is 346 Å². The molecule has 0 heterocycles. The van der Waals surface area contributed by atoms with E-state index in [1.165, 1.54) is 193 Å². The standard InChI is InChI=1S/C88H149NO8/c1-6-8-10-12-14-16-18-20-22-24-26-28-30-32-34-36-38-39-40-41-42-43-44-45-46-47-49-50-52-54-56-58-60-62-64-66-68-70-72-74-76-78-85(90)95-82-84(83-96-88(87(92)93)94-81-80-89(3,4)5)97-86(91)79-77-75-73-71-69-67-65-63-61-59-57-55-53-51-48-37-35-33-31-29-27-25-23-21-19-17-15-13-11-9-7-2/h9,11,15,17-18,20-21,23-24,26-27,29-30,32-33,35,48,51,55,57,61,63,67,69,84,88H,6-8,10,12-14,16,19,22,25,28,31,34,36-47,49-50,52-54,56,58-60,62,64-66,68,70-83H2,1-5H3/p+1/b11-9-,17-15-,20-18-,23-21-,26-24-,29-27-,32-30-,35-33-,51-48-,57-55-,63-61-,69-67-. The molecule has 0 aliphatic carbocycles. The predicted molar refractivity (Wildman–Crippen MR) is 419 cm³/mol. The molecule has 554 valence electrons. The van der Waals surface area contributed by atoms with E-state index in [0.717, 1.165) is 109 Å². The predicted octanol–water partition coefficient (Wildman–Crippen LogP) is 25.8. The number of esters is 2. The monoisotopic (exact) mass is 1350 g/mol. The van der Waals surface area contributed by atoms with Crippen molar-refractivity contribution in [2.75, 3.05) is 47.5 Å². The van der Waals surface area contributed by atoms with Crippen molar-refractivity contribution in [3.8, 4) is 0 Å². The number of rotatable bonds is 73. The second-order valence-electron chi connectivity index (χ2n) is 27.6. The zero-order valence-electron chi connectivity index (χ0n) is 63.4. The lowest BCUT2D eigenvalue weighted by Gasteiger charge is -2.25. The first-order chi connectivity index (χ1) is 47.6. The number of hydrogen-bond acceptors (Lipinski definition) is 7. The van der Waals surface area contributed by atoms with Crippen LogP contribution in [0.2, 0.25) is 0 Å². The van der Waals surface area contributed by atoms with Gasteiger partial charge in [-0.2, -0.15) is 0 Å². The first-order valence-corrected chi connectivity index (χ1v) is 40.0. The Bertz CT molecular complexity index is 2110. The summed E-state index contributed by atoms with van der Waals surface area (Å²) < 4.78 is 23.0. The number of allylic oxidation sites excluding steroid dienone is 24. The number of likely N-dealkylation sites (N-methyl/N-ethyl adjacent to an activating group) is 1. The molecule has 0 saturated heterocycles. The van der Waals surface area contributed by atoms with Gasteiger partial charge in [-0.05, 0) is 122 Å². The van der Waals surface area contributed by atoms with E-state index in [9.17, 15) is 19.5 Å². The molecule has 0 spiro atoms. The van der Waals surface area contributed by atoms with E-state index in [1.807, 2.05) is 21.1 Å². The van der Waals surface area contributed by atoms with E-state index in [4.69, 9.17) is 18.9 Å². The average Bonchev–Trinajstić information content (AvgIpc) is 2.39. The molecule has 0 fully saturated rings. The second-order valence-corrected chi connectivity index (χ2v) is 27.6. The van der Waals surface area contributed by atoms with E-state index in [1.54, 1.807) is 0 Å². The van der Waals surface area contributed by atoms with Crippen LogP contribution >= 0.6 is 0 Å². The Morgan fingerprint density at radius 2 is 0.588 bits per heavy atom. The Labute approximate surface area is 598 Å². The van der Waals surface area contributed by atoms with Gasteiger partial charge in [0, 0.05) is 12.8 Å². The smallest absolute Gasteiger partial charge is 0.361 e. The maximum Gasteiger partial charge on any atom is 0.361 e. The fraction of sp³-hybridized carbons (Fsp3) is 0.693. The van der Waals surface area contributed by atoms with Gasteiger partial charge < -0.3 is 28.5 Å². The first-order valence-electron chi connectivity index (χ1n) is 40.0. The zero-order valence-corrected chi connectivity index (χ0v) is 63.4. The number of unbranched alkanes of at least 4 members (excludes halogenated alkanes) is 34. The van der Waals surface area contributed by atoms with Crippen LogP contribution in [0, 0.1) is 0 Å². The second kappa shape index (κ2) is 76.9. The maximum atomic E-state index is 13.0. The molecule has 0 saturated carbocycles. The third-order valence-electron chi connectivity index (χ3n) is 17.1. The van der Waals surface area contributed by atoms with Crippen LogP contribution in [0.1, 0.15) is 335 Å². The lowest BCUT2D eigenvalue weighted by atomic mass is 10.0. The number of carbonyl (C=O) groups excluding carboxylic acids is 2. The number of ether oxygens (including phenoxy) is 4. The molecular formula is C88H150NO8+. The van der Waals surface area contributed by atoms with Crippen LogP contribution in [0.4, 0.5) is 0 Å². The maximum absolute atomic E-state index is 13.0. The third-order valence-corrected chi connectivity index (χ3v) is 17.1.